The van der Waals surface area contributed by atoms with Gasteiger partial charge in [-0.15, -0.1) is 0 Å². The number of aromatic nitrogens is 3. The van der Waals surface area contributed by atoms with E-state index in [1.165, 1.54) is 6.07 Å². The first-order valence-corrected chi connectivity index (χ1v) is 16.8. The van der Waals surface area contributed by atoms with Gasteiger partial charge in [0.05, 0.1) is 22.5 Å². The molecule has 48 heavy (non-hydrogen) atoms. The summed E-state index contributed by atoms with van der Waals surface area (Å²) in [7, 11) is 0. The van der Waals surface area contributed by atoms with E-state index in [2.05, 4.69) is 47.4 Å². The van der Waals surface area contributed by atoms with Crippen LogP contribution in [-0.4, -0.2) is 48.8 Å². The van der Waals surface area contributed by atoms with E-state index in [1.807, 2.05) is 79.7 Å². The van der Waals surface area contributed by atoms with Gasteiger partial charge in [-0.05, 0) is 80.8 Å². The lowest BCUT2D eigenvalue weighted by Crippen LogP contribution is -2.47. The minimum atomic E-state index is -0.333. The molecule has 9 nitrogen and oxygen atoms in total. The summed E-state index contributed by atoms with van der Waals surface area (Å²) in [5, 5.41) is 21.9. The molecule has 2 atom stereocenters. The summed E-state index contributed by atoms with van der Waals surface area (Å²) in [6, 6.07) is 27.0. The van der Waals surface area contributed by atoms with Crippen molar-refractivity contribution in [2.75, 3.05) is 10.6 Å². The molecule has 5 aromatic rings. The molecule has 2 unspecified atom stereocenters. The van der Waals surface area contributed by atoms with Crippen LogP contribution >= 0.6 is 0 Å². The van der Waals surface area contributed by atoms with Gasteiger partial charge in [0.1, 0.15) is 5.82 Å². The molecule has 0 aliphatic carbocycles. The second-order valence-corrected chi connectivity index (χ2v) is 14.4. The van der Waals surface area contributed by atoms with Crippen LogP contribution in [0.25, 0.3) is 16.6 Å². The molecule has 3 aromatic carbocycles. The number of nitrogens with one attached hydrogen (secondary N) is 2. The van der Waals surface area contributed by atoms with Crippen molar-refractivity contribution in [1.29, 1.82) is 0 Å². The number of hydrogen-bond donors (Lipinski definition) is 3. The highest BCUT2D eigenvalue weighted by Gasteiger charge is 2.43. The maximum atomic E-state index is 13.9. The molecule has 9 heteroatoms. The van der Waals surface area contributed by atoms with E-state index < -0.39 is 0 Å². The number of anilines is 2. The normalized spacial score (nSPS) is 19.0. The largest absolute Gasteiger partial charge is 0.493 e. The van der Waals surface area contributed by atoms with Crippen LogP contribution in [0.2, 0.25) is 0 Å². The summed E-state index contributed by atoms with van der Waals surface area (Å²) in [5.41, 5.74) is 5.75. The molecule has 7 rings (SSSR count). The Bertz CT molecular complexity index is 1980. The molecule has 4 heterocycles. The lowest BCUT2D eigenvalue weighted by molar-refractivity contribution is 0.0526. The standard InChI is InChI=1S/C39H42N6O3/c1-24-12-14-28(15-13-24)45-35(23-34(43-45)39(2,3)4)42-38(48)40-27-9-7-8-25(19-27)18-26-20-29-16-17-30(21-26)44(29)37(47)32-22-36(46)41-33-11-6-5-10-31(32)33/h5-15,19,22-23,26,29-30H,16-18,20-21H2,1-4H3,(H,41,46)(H2,40,42,48). The second-order valence-electron chi connectivity index (χ2n) is 14.4. The predicted octanol–water partition coefficient (Wildman–Crippen LogP) is 8.00. The van der Waals surface area contributed by atoms with Crippen molar-refractivity contribution in [2.45, 2.75) is 77.3 Å². The number of urea groups is 1. The van der Waals surface area contributed by atoms with Gasteiger partial charge in [0.15, 0.2) is 0 Å². The van der Waals surface area contributed by atoms with Gasteiger partial charge in [0, 0.05) is 40.7 Å². The zero-order valence-electron chi connectivity index (χ0n) is 27.9. The highest BCUT2D eigenvalue weighted by molar-refractivity contribution is 6.06. The Balaban J connectivity index is 1.02. The van der Waals surface area contributed by atoms with Crippen molar-refractivity contribution >= 4 is 34.3 Å². The number of pyridine rings is 1. The SMILES string of the molecule is Cc1ccc(-n2nc(C(C)(C)C)cc2NC(=O)Nc2cccc(CC3CC4CCC(C3)N4C(=O)c3cc(O)nc4ccccc34)c2)cc1. The average molecular weight is 643 g/mol. The van der Waals surface area contributed by atoms with E-state index in [9.17, 15) is 14.7 Å². The Labute approximate surface area is 281 Å². The maximum absolute atomic E-state index is 13.9. The first kappa shape index (κ1) is 31.4. The van der Waals surface area contributed by atoms with Crippen LogP contribution in [0, 0.1) is 12.8 Å². The number of benzene rings is 3. The van der Waals surface area contributed by atoms with Crippen molar-refractivity contribution < 1.29 is 14.7 Å². The van der Waals surface area contributed by atoms with Gasteiger partial charge >= 0.3 is 6.03 Å². The van der Waals surface area contributed by atoms with Crippen LogP contribution in [0.4, 0.5) is 16.3 Å². The number of aromatic hydroxyl groups is 1. The van der Waals surface area contributed by atoms with Gasteiger partial charge in [-0.25, -0.2) is 14.5 Å². The lowest BCUT2D eigenvalue weighted by Gasteiger charge is -2.39. The molecule has 0 spiro atoms. The molecule has 2 bridgehead atoms. The number of aryl methyl sites for hydroxylation is 1. The number of hydrogen-bond acceptors (Lipinski definition) is 5. The number of para-hydroxylation sites is 1. The molecule has 3 N–H and O–H groups in total. The predicted molar refractivity (Wildman–Crippen MR) is 189 cm³/mol. The van der Waals surface area contributed by atoms with Gasteiger partial charge in [-0.2, -0.15) is 5.10 Å². The number of rotatable bonds is 6. The Hall–Kier alpha value is -5.18. The molecule has 2 aliphatic rings. The quantitative estimate of drug-likeness (QED) is 0.174. The van der Waals surface area contributed by atoms with Gasteiger partial charge in [-0.3, -0.25) is 10.1 Å². The number of nitrogens with zero attached hydrogens (tertiary/aromatic N) is 4. The topological polar surface area (TPSA) is 112 Å². The van der Waals surface area contributed by atoms with Crippen molar-refractivity contribution in [1.82, 2.24) is 19.7 Å². The fraction of sp³-hybridized carbons (Fsp3) is 0.333. The third-order valence-corrected chi connectivity index (χ3v) is 9.71. The number of piperidine rings is 1. The Kier molecular flexibility index (Phi) is 8.15. The van der Waals surface area contributed by atoms with E-state index in [4.69, 9.17) is 5.10 Å². The first-order chi connectivity index (χ1) is 23.0. The van der Waals surface area contributed by atoms with Crippen LogP contribution in [0.1, 0.15) is 73.6 Å². The van der Waals surface area contributed by atoms with Crippen molar-refractivity contribution in [3.8, 4) is 11.6 Å². The van der Waals surface area contributed by atoms with E-state index in [0.717, 1.165) is 65.7 Å². The zero-order chi connectivity index (χ0) is 33.6. The van der Waals surface area contributed by atoms with Gasteiger partial charge in [-0.1, -0.05) is 68.8 Å². The molecule has 246 valence electrons. The third kappa shape index (κ3) is 6.37. The maximum Gasteiger partial charge on any atom is 0.324 e. The summed E-state index contributed by atoms with van der Waals surface area (Å²) in [6.45, 7) is 8.35. The summed E-state index contributed by atoms with van der Waals surface area (Å²) < 4.78 is 1.78. The fourth-order valence-electron chi connectivity index (χ4n) is 7.37. The third-order valence-electron chi connectivity index (χ3n) is 9.71. The Morgan fingerprint density at radius 3 is 2.35 bits per heavy atom. The van der Waals surface area contributed by atoms with E-state index in [-0.39, 0.29) is 35.3 Å². The zero-order valence-corrected chi connectivity index (χ0v) is 27.9. The molecule has 2 aliphatic heterocycles. The molecule has 0 radical (unpaired) electrons. The Morgan fingerprint density at radius 1 is 0.896 bits per heavy atom. The van der Waals surface area contributed by atoms with Crippen LogP contribution in [0.15, 0.2) is 84.9 Å². The molecular formula is C39H42N6O3. The minimum absolute atomic E-state index is 0.0228. The lowest BCUT2D eigenvalue weighted by atomic mass is 9.85. The number of amides is 3. The van der Waals surface area contributed by atoms with Gasteiger partial charge < -0.3 is 15.3 Å². The second kappa shape index (κ2) is 12.4. The number of carbonyl (C=O) groups excluding carboxylic acids is 2. The fourth-order valence-corrected chi connectivity index (χ4v) is 7.37. The molecule has 2 fully saturated rings. The van der Waals surface area contributed by atoms with Crippen LogP contribution in [-0.2, 0) is 11.8 Å². The summed E-state index contributed by atoms with van der Waals surface area (Å²) in [6.07, 6.45) is 4.70. The van der Waals surface area contributed by atoms with E-state index >= 15 is 0 Å². The average Bonchev–Trinajstić information content (AvgIpc) is 3.59. The summed E-state index contributed by atoms with van der Waals surface area (Å²) >= 11 is 0. The first-order valence-electron chi connectivity index (χ1n) is 16.8. The van der Waals surface area contributed by atoms with Crippen LogP contribution < -0.4 is 10.6 Å². The monoisotopic (exact) mass is 642 g/mol. The molecular weight excluding hydrogens is 600 g/mol. The molecule has 3 amide bonds. The summed E-state index contributed by atoms with van der Waals surface area (Å²) in [5.74, 6) is 0.875. The van der Waals surface area contributed by atoms with Gasteiger partial charge in [0.25, 0.3) is 5.91 Å². The van der Waals surface area contributed by atoms with Gasteiger partial charge in [0.2, 0.25) is 5.88 Å². The van der Waals surface area contributed by atoms with Crippen molar-refractivity contribution in [2.24, 2.45) is 5.92 Å². The Morgan fingerprint density at radius 2 is 1.62 bits per heavy atom. The van der Waals surface area contributed by atoms with Crippen molar-refractivity contribution in [3.63, 3.8) is 0 Å². The van der Waals surface area contributed by atoms with Crippen molar-refractivity contribution in [3.05, 3.63) is 107 Å². The number of fused-ring (bicyclic) bond motifs is 3. The molecule has 2 saturated heterocycles. The van der Waals surface area contributed by atoms with Crippen LogP contribution in [0.5, 0.6) is 5.88 Å². The smallest absolute Gasteiger partial charge is 0.324 e. The minimum Gasteiger partial charge on any atom is -0.493 e. The molecule has 0 saturated carbocycles. The highest BCUT2D eigenvalue weighted by Crippen LogP contribution is 2.41. The van der Waals surface area contributed by atoms with Crippen LogP contribution in [0.3, 0.4) is 0 Å². The number of carbonyl (C=O) groups is 2. The van der Waals surface area contributed by atoms with E-state index in [1.54, 1.807) is 4.68 Å². The highest BCUT2D eigenvalue weighted by atomic mass is 16.3. The summed E-state index contributed by atoms with van der Waals surface area (Å²) in [4.78, 5) is 33.4. The molecule has 2 aromatic heterocycles. The van der Waals surface area contributed by atoms with E-state index in [0.29, 0.717) is 22.8 Å².